The molecular weight excluding hydrogens is 324 g/mol. The van der Waals surface area contributed by atoms with Gasteiger partial charge in [-0.25, -0.2) is 4.98 Å². The largest absolute Gasteiger partial charge is 0.302 e. The summed E-state index contributed by atoms with van der Waals surface area (Å²) in [5.41, 5.74) is 3.50. The molecule has 1 aromatic carbocycles. The minimum Gasteiger partial charge on any atom is -0.302 e. The van der Waals surface area contributed by atoms with Crippen molar-refractivity contribution in [2.45, 2.75) is 31.3 Å². The first-order chi connectivity index (χ1) is 11.2. The van der Waals surface area contributed by atoms with E-state index in [1.807, 2.05) is 13.0 Å². The minimum absolute atomic E-state index is 0.729. The van der Waals surface area contributed by atoms with Crippen molar-refractivity contribution in [3.63, 3.8) is 0 Å². The van der Waals surface area contributed by atoms with Gasteiger partial charge >= 0.3 is 0 Å². The van der Waals surface area contributed by atoms with Crippen LogP contribution >= 0.6 is 23.1 Å². The third kappa shape index (κ3) is 3.71. The molecule has 0 atom stereocenters. The van der Waals surface area contributed by atoms with Crippen LogP contribution in [0.25, 0.3) is 10.6 Å². The lowest BCUT2D eigenvalue weighted by molar-refractivity contribution is 0.703. The van der Waals surface area contributed by atoms with E-state index in [0.29, 0.717) is 0 Å². The summed E-state index contributed by atoms with van der Waals surface area (Å²) in [6.45, 7) is 8.57. The van der Waals surface area contributed by atoms with E-state index in [-0.39, 0.29) is 0 Å². The lowest BCUT2D eigenvalue weighted by Crippen LogP contribution is -2.00. The highest BCUT2D eigenvalue weighted by Crippen LogP contribution is 2.28. The Labute approximate surface area is 144 Å². The van der Waals surface area contributed by atoms with E-state index in [0.717, 1.165) is 34.0 Å². The maximum absolute atomic E-state index is 4.74. The van der Waals surface area contributed by atoms with E-state index >= 15 is 0 Å². The molecule has 0 radical (unpaired) electrons. The van der Waals surface area contributed by atoms with Crippen molar-refractivity contribution >= 4 is 23.1 Å². The Balaban J connectivity index is 1.71. The zero-order chi connectivity index (χ0) is 16.2. The molecule has 0 aliphatic carbocycles. The van der Waals surface area contributed by atoms with E-state index in [4.69, 9.17) is 4.98 Å². The molecule has 6 heteroatoms. The van der Waals surface area contributed by atoms with Gasteiger partial charge in [-0.2, -0.15) is 0 Å². The van der Waals surface area contributed by atoms with Gasteiger partial charge < -0.3 is 4.57 Å². The molecule has 4 nitrogen and oxygen atoms in total. The number of allylic oxidation sites excluding steroid dienone is 1. The average Bonchev–Trinajstić information content (AvgIpc) is 3.14. The molecule has 118 valence electrons. The predicted octanol–water partition coefficient (Wildman–Crippen LogP) is 4.50. The zero-order valence-corrected chi connectivity index (χ0v) is 14.8. The Morgan fingerprint density at radius 3 is 2.96 bits per heavy atom. The number of hydrogen-bond donors (Lipinski definition) is 0. The van der Waals surface area contributed by atoms with E-state index in [1.165, 1.54) is 11.1 Å². The maximum atomic E-state index is 4.74. The van der Waals surface area contributed by atoms with Gasteiger partial charge in [0.2, 0.25) is 0 Å². The second kappa shape index (κ2) is 7.10. The summed E-state index contributed by atoms with van der Waals surface area (Å²) < 4.78 is 2.06. The molecule has 0 aliphatic rings. The van der Waals surface area contributed by atoms with Gasteiger partial charge in [-0.15, -0.1) is 28.1 Å². The quantitative estimate of drug-likeness (QED) is 0.489. The summed E-state index contributed by atoms with van der Waals surface area (Å²) in [7, 11) is 0. The van der Waals surface area contributed by atoms with Gasteiger partial charge in [0.15, 0.2) is 5.16 Å². The van der Waals surface area contributed by atoms with Crippen molar-refractivity contribution in [1.29, 1.82) is 0 Å². The van der Waals surface area contributed by atoms with Gasteiger partial charge in [-0.1, -0.05) is 41.6 Å². The average molecular weight is 342 g/mol. The van der Waals surface area contributed by atoms with Crippen molar-refractivity contribution in [3.8, 4) is 10.6 Å². The molecule has 0 fully saturated rings. The number of nitrogens with zero attached hydrogens (tertiary/aromatic N) is 4. The van der Waals surface area contributed by atoms with Gasteiger partial charge in [0.1, 0.15) is 10.8 Å². The first-order valence-corrected chi connectivity index (χ1v) is 9.19. The fourth-order valence-electron chi connectivity index (χ4n) is 2.23. The van der Waals surface area contributed by atoms with E-state index in [9.17, 15) is 0 Å². The van der Waals surface area contributed by atoms with Crippen LogP contribution in [0.4, 0.5) is 0 Å². The summed E-state index contributed by atoms with van der Waals surface area (Å²) >= 11 is 3.34. The van der Waals surface area contributed by atoms with Crippen molar-refractivity contribution in [3.05, 3.63) is 59.4 Å². The van der Waals surface area contributed by atoms with Crippen LogP contribution in [-0.4, -0.2) is 19.7 Å². The molecule has 0 saturated carbocycles. The third-order valence-corrected chi connectivity index (χ3v) is 5.32. The number of aryl methyl sites for hydroxylation is 2. The molecule has 0 amide bonds. The molecule has 0 spiro atoms. The summed E-state index contributed by atoms with van der Waals surface area (Å²) in [5, 5.41) is 12.5. The van der Waals surface area contributed by atoms with Crippen LogP contribution < -0.4 is 0 Å². The van der Waals surface area contributed by atoms with Crippen LogP contribution in [0.3, 0.4) is 0 Å². The molecular formula is C17H18N4S2. The second-order valence-electron chi connectivity index (χ2n) is 5.23. The maximum Gasteiger partial charge on any atom is 0.191 e. The smallest absolute Gasteiger partial charge is 0.191 e. The summed E-state index contributed by atoms with van der Waals surface area (Å²) in [6, 6.07) is 8.44. The molecule has 2 heterocycles. The highest BCUT2D eigenvalue weighted by Gasteiger charge is 2.10. The zero-order valence-electron chi connectivity index (χ0n) is 13.2. The summed E-state index contributed by atoms with van der Waals surface area (Å²) in [4.78, 5) is 4.74. The topological polar surface area (TPSA) is 43.6 Å². The molecule has 3 aromatic rings. The fourth-order valence-corrected chi connectivity index (χ4v) is 4.04. The Morgan fingerprint density at radius 1 is 1.30 bits per heavy atom. The lowest BCUT2D eigenvalue weighted by Gasteiger charge is -2.03. The second-order valence-corrected chi connectivity index (χ2v) is 7.03. The predicted molar refractivity (Wildman–Crippen MR) is 96.8 cm³/mol. The normalized spacial score (nSPS) is 10.9. The van der Waals surface area contributed by atoms with Gasteiger partial charge in [0, 0.05) is 23.2 Å². The van der Waals surface area contributed by atoms with Crippen LogP contribution in [0.5, 0.6) is 0 Å². The Hall–Kier alpha value is -1.92. The van der Waals surface area contributed by atoms with Crippen LogP contribution in [0.15, 0.2) is 47.5 Å². The van der Waals surface area contributed by atoms with Crippen molar-refractivity contribution in [1.82, 2.24) is 19.7 Å². The highest BCUT2D eigenvalue weighted by molar-refractivity contribution is 7.98. The Bertz CT molecular complexity index is 820. The molecule has 0 saturated heterocycles. The van der Waals surface area contributed by atoms with Crippen molar-refractivity contribution in [2.24, 2.45) is 0 Å². The van der Waals surface area contributed by atoms with Crippen LogP contribution in [-0.2, 0) is 12.3 Å². The van der Waals surface area contributed by atoms with Gasteiger partial charge in [-0.05, 0) is 19.9 Å². The van der Waals surface area contributed by atoms with Crippen LogP contribution in [0, 0.1) is 13.8 Å². The van der Waals surface area contributed by atoms with Crippen LogP contribution in [0.2, 0.25) is 0 Å². The summed E-state index contributed by atoms with van der Waals surface area (Å²) in [5.74, 6) is 1.70. The van der Waals surface area contributed by atoms with E-state index < -0.39 is 0 Å². The first kappa shape index (κ1) is 16.0. The third-order valence-electron chi connectivity index (χ3n) is 3.38. The standard InChI is InChI=1S/C17H18N4S2/c1-4-8-21-13(3)19-20-17(21)23-11-15-10-22-16(18-15)14-7-5-6-12(2)9-14/h4-7,9-10H,1,8,11H2,2-3H3. The minimum atomic E-state index is 0.729. The molecule has 0 aliphatic heterocycles. The number of benzene rings is 1. The molecule has 23 heavy (non-hydrogen) atoms. The highest BCUT2D eigenvalue weighted by atomic mass is 32.2. The molecule has 0 unspecified atom stereocenters. The van der Waals surface area contributed by atoms with Gasteiger partial charge in [0.25, 0.3) is 0 Å². The number of aromatic nitrogens is 4. The SMILES string of the molecule is C=CCn1c(C)nnc1SCc1csc(-c2cccc(C)c2)n1. The number of rotatable bonds is 6. The Morgan fingerprint density at radius 2 is 2.17 bits per heavy atom. The van der Waals surface area contributed by atoms with Crippen molar-refractivity contribution in [2.75, 3.05) is 0 Å². The molecule has 3 rings (SSSR count). The Kier molecular flexibility index (Phi) is 4.93. The number of thioether (sulfide) groups is 1. The number of thiazole rings is 1. The number of hydrogen-bond acceptors (Lipinski definition) is 5. The lowest BCUT2D eigenvalue weighted by atomic mass is 10.1. The fraction of sp³-hybridized carbons (Fsp3) is 0.235. The summed E-state index contributed by atoms with van der Waals surface area (Å²) in [6.07, 6.45) is 1.86. The molecule has 0 N–H and O–H groups in total. The van der Waals surface area contributed by atoms with Gasteiger partial charge in [0.05, 0.1) is 5.69 Å². The monoisotopic (exact) mass is 342 g/mol. The van der Waals surface area contributed by atoms with Crippen LogP contribution in [0.1, 0.15) is 17.1 Å². The van der Waals surface area contributed by atoms with E-state index in [2.05, 4.69) is 57.9 Å². The van der Waals surface area contributed by atoms with Crippen molar-refractivity contribution < 1.29 is 0 Å². The molecule has 2 aromatic heterocycles. The first-order valence-electron chi connectivity index (χ1n) is 7.32. The molecule has 0 bridgehead atoms. The van der Waals surface area contributed by atoms with Gasteiger partial charge in [-0.3, -0.25) is 0 Å². The van der Waals surface area contributed by atoms with E-state index in [1.54, 1.807) is 23.1 Å².